The molecule has 7 nitrogen and oxygen atoms in total. The third-order valence-corrected chi connectivity index (χ3v) is 1.00. The van der Waals surface area contributed by atoms with E-state index in [0.29, 0.717) is 0 Å². The zero-order valence-corrected chi connectivity index (χ0v) is 13.3. The zero-order chi connectivity index (χ0) is 9.86. The van der Waals surface area contributed by atoms with Crippen LogP contribution in [0.25, 0.3) is 0 Å². The van der Waals surface area contributed by atoms with Gasteiger partial charge in [0.2, 0.25) is 0 Å². The second-order valence-electron chi connectivity index (χ2n) is 0.490. The first-order chi connectivity index (χ1) is 5.06. The second-order valence-corrected chi connectivity index (χ2v) is 3.10. The van der Waals surface area contributed by atoms with Crippen molar-refractivity contribution in [3.05, 3.63) is 0 Å². The topological polar surface area (TPSA) is 138 Å². The van der Waals surface area contributed by atoms with E-state index >= 15 is 0 Å². The predicted molar refractivity (Wildman–Crippen MR) is 37.8 cm³/mol. The maximum atomic E-state index is 9.09. The molecule has 0 radical (unpaired) electrons. The fourth-order valence-electron chi connectivity index (χ4n) is 0. The number of rotatable bonds is 1. The van der Waals surface area contributed by atoms with E-state index in [1.807, 2.05) is 6.79 Å². The average molecular weight is 270 g/mol. The molecule has 0 aromatic rings. The molecule has 2 atom stereocenters. The summed E-state index contributed by atoms with van der Waals surface area (Å²) in [5.41, 5.74) is 0. The molecule has 13 heavy (non-hydrogen) atoms. The van der Waals surface area contributed by atoms with E-state index in [9.17, 15) is 0 Å². The van der Waals surface area contributed by atoms with Gasteiger partial charge in [0.25, 0.3) is 0 Å². The zero-order valence-electron chi connectivity index (χ0n) is 6.87. The molecular formula is CH4Na2O7S3. The summed E-state index contributed by atoms with van der Waals surface area (Å²) in [6, 6.07) is 0. The van der Waals surface area contributed by atoms with Crippen LogP contribution in [0.15, 0.2) is 0 Å². The van der Waals surface area contributed by atoms with Crippen molar-refractivity contribution in [3.8, 4) is 0 Å². The summed E-state index contributed by atoms with van der Waals surface area (Å²) >= 11 is -0.250. The van der Waals surface area contributed by atoms with Crippen molar-refractivity contribution in [2.24, 2.45) is 0 Å². The van der Waals surface area contributed by atoms with E-state index in [2.05, 4.69) is 0 Å². The molecular weight excluding hydrogens is 266 g/mol. The van der Waals surface area contributed by atoms with E-state index in [-0.39, 0.29) is 71.4 Å². The van der Waals surface area contributed by atoms with E-state index in [4.69, 9.17) is 31.4 Å². The molecule has 0 aliphatic rings. The van der Waals surface area contributed by atoms with E-state index in [1.54, 1.807) is 0 Å². The molecule has 0 fully saturated rings. The van der Waals surface area contributed by atoms with Crippen LogP contribution in [0.5, 0.6) is 0 Å². The molecule has 0 aliphatic heterocycles. The van der Waals surface area contributed by atoms with Crippen molar-refractivity contribution in [2.75, 3.05) is 0 Å². The van der Waals surface area contributed by atoms with Crippen molar-refractivity contribution in [2.45, 2.75) is 0 Å². The van der Waals surface area contributed by atoms with Gasteiger partial charge < -0.3 is 23.0 Å². The van der Waals surface area contributed by atoms with Gasteiger partial charge in [-0.1, -0.05) is 0 Å². The van der Waals surface area contributed by atoms with Gasteiger partial charge in [0.05, 0.1) is 0 Å². The molecule has 2 N–H and O–H groups in total. The Kier molecular flexibility index (Phi) is 66.2. The van der Waals surface area contributed by atoms with Crippen LogP contribution in [0.1, 0.15) is 0 Å². The summed E-state index contributed by atoms with van der Waals surface area (Å²) in [6.07, 6.45) is 0. The number of hydrogen-bond donors (Lipinski definition) is 2. The Morgan fingerprint density at radius 2 is 1.08 bits per heavy atom. The first-order valence-corrected chi connectivity index (χ1v) is 4.88. The fraction of sp³-hybridized carbons (Fsp3) is 0. The standard InChI is InChI=1S/CH2O.2Na.H2O4S2.H2O2S/c1-2;;;1-5(2)6(3)4;1-3-2/h1H2;;;(H,1,2)(H,3,4);1-2H/q;2*+1;;/p-2. The Balaban J connectivity index is -0.0000000268. The van der Waals surface area contributed by atoms with Gasteiger partial charge >= 0.3 is 59.1 Å². The van der Waals surface area contributed by atoms with Crippen LogP contribution in [0, 0.1) is 0 Å². The SMILES string of the molecule is C=O.O=S([O-])S(=O)[O-].OSO.[Na+].[Na+]. The van der Waals surface area contributed by atoms with Crippen molar-refractivity contribution in [3.63, 3.8) is 0 Å². The molecule has 0 heterocycles. The van der Waals surface area contributed by atoms with Gasteiger partial charge in [0.15, 0.2) is 12.3 Å². The van der Waals surface area contributed by atoms with Gasteiger partial charge in [-0.3, -0.25) is 8.42 Å². The van der Waals surface area contributed by atoms with Crippen LogP contribution >= 0.6 is 12.3 Å². The number of carbonyl (C=O) groups excluding carboxylic acids is 1. The number of carbonyl (C=O) groups is 1. The molecule has 0 rings (SSSR count). The van der Waals surface area contributed by atoms with Gasteiger partial charge in [-0.15, -0.1) is 0 Å². The third-order valence-electron chi connectivity index (χ3n) is 0.111. The van der Waals surface area contributed by atoms with Crippen LogP contribution < -0.4 is 59.1 Å². The summed E-state index contributed by atoms with van der Waals surface area (Å²) in [4.78, 5) is 8.00. The van der Waals surface area contributed by atoms with E-state index < -0.39 is 20.2 Å². The molecule has 0 aromatic carbocycles. The Morgan fingerprint density at radius 1 is 1.00 bits per heavy atom. The molecule has 0 amide bonds. The maximum absolute atomic E-state index is 9.09. The summed E-state index contributed by atoms with van der Waals surface area (Å²) in [5.74, 6) is 0. The van der Waals surface area contributed by atoms with Crippen LogP contribution in [-0.2, 0) is 25.0 Å². The smallest absolute Gasteiger partial charge is 0.763 e. The normalized spacial score (nSPS) is 10.8. The Morgan fingerprint density at radius 3 is 1.08 bits per heavy atom. The molecule has 2 unspecified atom stereocenters. The summed E-state index contributed by atoms with van der Waals surface area (Å²) in [7, 11) is -5.90. The van der Waals surface area contributed by atoms with Crippen LogP contribution in [-0.4, -0.2) is 33.4 Å². The van der Waals surface area contributed by atoms with Crippen molar-refractivity contribution in [1.82, 2.24) is 0 Å². The molecule has 0 spiro atoms. The first-order valence-electron chi connectivity index (χ1n) is 1.49. The van der Waals surface area contributed by atoms with Gasteiger partial charge in [0.1, 0.15) is 6.79 Å². The molecule has 70 valence electrons. The summed E-state index contributed by atoms with van der Waals surface area (Å²) in [5, 5.41) is 0. The second kappa shape index (κ2) is 29.2. The minimum absolute atomic E-state index is 0. The summed E-state index contributed by atoms with van der Waals surface area (Å²) in [6.45, 7) is 2.00. The number of hydrogen-bond acceptors (Lipinski definition) is 8. The minimum atomic E-state index is -2.95. The predicted octanol–water partition coefficient (Wildman–Crippen LogP) is -6.85. The van der Waals surface area contributed by atoms with Gasteiger partial charge in [-0.2, -0.15) is 0 Å². The van der Waals surface area contributed by atoms with Gasteiger partial charge in [0, 0.05) is 20.2 Å². The van der Waals surface area contributed by atoms with E-state index in [1.165, 1.54) is 0 Å². The maximum Gasteiger partial charge on any atom is 1.00 e. The first kappa shape index (κ1) is 29.4. The molecule has 0 aliphatic carbocycles. The third kappa shape index (κ3) is 55.2. The largest absolute Gasteiger partial charge is 1.00 e. The van der Waals surface area contributed by atoms with E-state index in [0.717, 1.165) is 0 Å². The Hall–Kier alpha value is 2.16. The molecule has 0 bridgehead atoms. The molecule has 0 saturated heterocycles. The van der Waals surface area contributed by atoms with Crippen molar-refractivity contribution < 1.29 is 90.5 Å². The molecule has 12 heteroatoms. The van der Waals surface area contributed by atoms with Crippen LogP contribution in [0.4, 0.5) is 0 Å². The quantitative estimate of drug-likeness (QED) is 0.207. The van der Waals surface area contributed by atoms with Crippen LogP contribution in [0.2, 0.25) is 0 Å². The molecule has 0 saturated carbocycles. The average Bonchev–Trinajstić information content (AvgIpc) is 1.93. The Bertz CT molecular complexity index is 108. The van der Waals surface area contributed by atoms with Crippen LogP contribution in [0.3, 0.4) is 0 Å². The summed E-state index contributed by atoms with van der Waals surface area (Å²) < 4.78 is 50.4. The van der Waals surface area contributed by atoms with Crippen molar-refractivity contribution >= 4 is 39.3 Å². The molecule has 0 aromatic heterocycles. The Labute approximate surface area is 128 Å². The van der Waals surface area contributed by atoms with Gasteiger partial charge in [-0.25, -0.2) is 0 Å². The van der Waals surface area contributed by atoms with Crippen molar-refractivity contribution in [1.29, 1.82) is 0 Å². The fourth-order valence-corrected chi connectivity index (χ4v) is 0. The van der Waals surface area contributed by atoms with Gasteiger partial charge in [-0.05, 0) is 0 Å². The minimum Gasteiger partial charge on any atom is -0.763 e. The monoisotopic (exact) mass is 270 g/mol.